The van der Waals surface area contributed by atoms with Crippen molar-refractivity contribution in [3.63, 3.8) is 0 Å². The number of aromatic nitrogens is 1. The summed E-state index contributed by atoms with van der Waals surface area (Å²) in [5.74, 6) is 1.60. The molecule has 1 aliphatic carbocycles. The van der Waals surface area contributed by atoms with Gasteiger partial charge in [-0.3, -0.25) is 0 Å². The van der Waals surface area contributed by atoms with Crippen LogP contribution in [-0.4, -0.2) is 11.6 Å². The van der Waals surface area contributed by atoms with Crippen molar-refractivity contribution in [3.8, 4) is 5.75 Å². The van der Waals surface area contributed by atoms with Gasteiger partial charge in [-0.2, -0.15) is 0 Å². The van der Waals surface area contributed by atoms with Crippen LogP contribution >= 0.6 is 11.6 Å². The Bertz CT molecular complexity index is 348. The van der Waals surface area contributed by atoms with Gasteiger partial charge in [-0.05, 0) is 25.7 Å². The molecule has 1 saturated carbocycles. The summed E-state index contributed by atoms with van der Waals surface area (Å²) < 4.78 is 5.83. The van der Waals surface area contributed by atoms with Gasteiger partial charge in [0.05, 0.1) is 6.61 Å². The summed E-state index contributed by atoms with van der Waals surface area (Å²) in [6.07, 6.45) is 8.46. The van der Waals surface area contributed by atoms with E-state index in [2.05, 4.69) is 4.98 Å². The highest BCUT2D eigenvalue weighted by Gasteiger charge is 2.14. The summed E-state index contributed by atoms with van der Waals surface area (Å²) in [6, 6.07) is 1.81. The van der Waals surface area contributed by atoms with Crippen molar-refractivity contribution in [3.05, 3.63) is 23.0 Å². The molecule has 1 aliphatic rings. The summed E-state index contributed by atoms with van der Waals surface area (Å²) in [5.41, 5.74) is 1.06. The molecule has 0 radical (unpaired) electrons. The fourth-order valence-electron chi connectivity index (χ4n) is 2.20. The summed E-state index contributed by atoms with van der Waals surface area (Å²) in [4.78, 5) is 4.02. The summed E-state index contributed by atoms with van der Waals surface area (Å²) in [5, 5.41) is 0.504. The van der Waals surface area contributed by atoms with Crippen LogP contribution in [0.4, 0.5) is 0 Å². The molecule has 0 unspecified atom stereocenters. The molecule has 1 aromatic heterocycles. The lowest BCUT2D eigenvalue weighted by Crippen LogP contribution is -2.15. The molecule has 88 valence electrons. The lowest BCUT2D eigenvalue weighted by Gasteiger charge is -2.22. The quantitative estimate of drug-likeness (QED) is 0.744. The van der Waals surface area contributed by atoms with Crippen LogP contribution in [0.2, 0.25) is 5.15 Å². The zero-order chi connectivity index (χ0) is 11.4. The zero-order valence-electron chi connectivity index (χ0n) is 9.71. The van der Waals surface area contributed by atoms with Crippen LogP contribution in [0.15, 0.2) is 12.3 Å². The lowest BCUT2D eigenvalue weighted by molar-refractivity contribution is 0.207. The van der Waals surface area contributed by atoms with Crippen LogP contribution in [0.1, 0.15) is 37.7 Å². The highest BCUT2D eigenvalue weighted by molar-refractivity contribution is 6.29. The fourth-order valence-corrected chi connectivity index (χ4v) is 2.35. The second kappa shape index (κ2) is 5.53. The Hall–Kier alpha value is -0.760. The minimum atomic E-state index is 0.504. The van der Waals surface area contributed by atoms with Crippen LogP contribution in [-0.2, 0) is 0 Å². The second-order valence-electron chi connectivity index (χ2n) is 4.59. The van der Waals surface area contributed by atoms with Gasteiger partial charge >= 0.3 is 0 Å². The van der Waals surface area contributed by atoms with Crippen molar-refractivity contribution in [2.24, 2.45) is 5.92 Å². The smallest absolute Gasteiger partial charge is 0.132 e. The van der Waals surface area contributed by atoms with E-state index in [4.69, 9.17) is 16.3 Å². The molecule has 0 aliphatic heterocycles. The standard InChI is InChI=1S/C13H18ClNO/c1-10-8-15-13(14)7-12(10)16-9-11-5-3-2-4-6-11/h7-8,11H,2-6,9H2,1H3. The van der Waals surface area contributed by atoms with Crippen molar-refractivity contribution in [1.82, 2.24) is 4.98 Å². The average molecular weight is 240 g/mol. The summed E-state index contributed by atoms with van der Waals surface area (Å²) in [7, 11) is 0. The monoisotopic (exact) mass is 239 g/mol. The van der Waals surface area contributed by atoms with Gasteiger partial charge in [0.1, 0.15) is 10.9 Å². The van der Waals surface area contributed by atoms with Crippen molar-refractivity contribution >= 4 is 11.6 Å². The molecule has 0 spiro atoms. The first-order valence-electron chi connectivity index (χ1n) is 6.00. The zero-order valence-corrected chi connectivity index (χ0v) is 10.5. The van der Waals surface area contributed by atoms with E-state index in [0.717, 1.165) is 23.8 Å². The van der Waals surface area contributed by atoms with Crippen LogP contribution in [0, 0.1) is 12.8 Å². The molecule has 0 N–H and O–H groups in total. The SMILES string of the molecule is Cc1cnc(Cl)cc1OCC1CCCCC1. The predicted octanol–water partition coefficient (Wildman–Crippen LogP) is 4.00. The number of nitrogens with zero attached hydrogens (tertiary/aromatic N) is 1. The van der Waals surface area contributed by atoms with Crippen molar-refractivity contribution in [2.75, 3.05) is 6.61 Å². The van der Waals surface area contributed by atoms with E-state index in [-0.39, 0.29) is 0 Å². The molecule has 0 bridgehead atoms. The van der Waals surface area contributed by atoms with Crippen molar-refractivity contribution in [1.29, 1.82) is 0 Å². The first kappa shape index (κ1) is 11.7. The van der Waals surface area contributed by atoms with Gasteiger partial charge in [-0.1, -0.05) is 30.9 Å². The van der Waals surface area contributed by atoms with Gasteiger partial charge in [-0.15, -0.1) is 0 Å². The Kier molecular flexibility index (Phi) is 4.05. The maximum absolute atomic E-state index is 5.85. The van der Waals surface area contributed by atoms with Crippen LogP contribution in [0.3, 0.4) is 0 Å². The third kappa shape index (κ3) is 3.11. The molecule has 0 amide bonds. The molecule has 2 rings (SSSR count). The van der Waals surface area contributed by atoms with Crippen molar-refractivity contribution < 1.29 is 4.74 Å². The molecule has 3 heteroatoms. The van der Waals surface area contributed by atoms with Crippen LogP contribution < -0.4 is 4.74 Å². The van der Waals surface area contributed by atoms with E-state index < -0.39 is 0 Å². The first-order chi connectivity index (χ1) is 7.75. The maximum Gasteiger partial charge on any atom is 0.132 e. The number of pyridine rings is 1. The highest BCUT2D eigenvalue weighted by atomic mass is 35.5. The number of aryl methyl sites for hydroxylation is 1. The Morgan fingerprint density at radius 2 is 2.12 bits per heavy atom. The molecule has 0 aromatic carbocycles. The maximum atomic E-state index is 5.85. The van der Waals surface area contributed by atoms with E-state index >= 15 is 0 Å². The number of halogens is 1. The molecular formula is C13H18ClNO. The molecule has 1 aromatic rings. The fraction of sp³-hybridized carbons (Fsp3) is 0.615. The average Bonchev–Trinajstić information content (AvgIpc) is 2.32. The van der Waals surface area contributed by atoms with Gasteiger partial charge in [-0.25, -0.2) is 4.98 Å². The van der Waals surface area contributed by atoms with Crippen molar-refractivity contribution in [2.45, 2.75) is 39.0 Å². The molecule has 16 heavy (non-hydrogen) atoms. The van der Waals surface area contributed by atoms with Gasteiger partial charge < -0.3 is 4.74 Å². The minimum absolute atomic E-state index is 0.504. The summed E-state index contributed by atoms with van der Waals surface area (Å²) in [6.45, 7) is 2.82. The Balaban J connectivity index is 1.90. The first-order valence-corrected chi connectivity index (χ1v) is 6.38. The number of ether oxygens (including phenoxy) is 1. The minimum Gasteiger partial charge on any atom is -0.493 e. The van der Waals surface area contributed by atoms with E-state index in [0.29, 0.717) is 5.15 Å². The molecular weight excluding hydrogens is 222 g/mol. The molecule has 2 nitrogen and oxygen atoms in total. The van der Waals surface area contributed by atoms with Gasteiger partial charge in [0.2, 0.25) is 0 Å². The van der Waals surface area contributed by atoms with E-state index in [9.17, 15) is 0 Å². The number of hydrogen-bond donors (Lipinski definition) is 0. The van der Waals surface area contributed by atoms with E-state index in [1.165, 1.54) is 32.1 Å². The van der Waals surface area contributed by atoms with E-state index in [1.54, 1.807) is 12.3 Å². The van der Waals surface area contributed by atoms with Gasteiger partial charge in [0.15, 0.2) is 0 Å². The number of hydrogen-bond acceptors (Lipinski definition) is 2. The topological polar surface area (TPSA) is 22.1 Å². The van der Waals surface area contributed by atoms with E-state index in [1.807, 2.05) is 6.92 Å². The second-order valence-corrected chi connectivity index (χ2v) is 4.97. The van der Waals surface area contributed by atoms with Gasteiger partial charge in [0.25, 0.3) is 0 Å². The lowest BCUT2D eigenvalue weighted by atomic mass is 9.90. The molecule has 0 atom stereocenters. The largest absolute Gasteiger partial charge is 0.493 e. The summed E-state index contributed by atoms with van der Waals surface area (Å²) >= 11 is 5.85. The number of rotatable bonds is 3. The Labute approximate surface area is 102 Å². The van der Waals surface area contributed by atoms with Gasteiger partial charge in [0, 0.05) is 17.8 Å². The predicted molar refractivity (Wildman–Crippen MR) is 66.1 cm³/mol. The van der Waals surface area contributed by atoms with Crippen LogP contribution in [0.25, 0.3) is 0 Å². The highest BCUT2D eigenvalue weighted by Crippen LogP contribution is 2.26. The third-order valence-corrected chi connectivity index (χ3v) is 3.43. The normalized spacial score (nSPS) is 17.4. The molecule has 0 saturated heterocycles. The molecule has 1 heterocycles. The Morgan fingerprint density at radius 1 is 1.38 bits per heavy atom. The van der Waals surface area contributed by atoms with Crippen LogP contribution in [0.5, 0.6) is 5.75 Å². The Morgan fingerprint density at radius 3 is 2.88 bits per heavy atom. The third-order valence-electron chi connectivity index (χ3n) is 3.22. The molecule has 1 fully saturated rings.